The zero-order valence-corrected chi connectivity index (χ0v) is 12.4. The molecule has 1 aromatic rings. The van der Waals surface area contributed by atoms with E-state index < -0.39 is 0 Å². The fourth-order valence-electron chi connectivity index (χ4n) is 4.60. The van der Waals surface area contributed by atoms with Crippen molar-refractivity contribution in [1.82, 2.24) is 4.90 Å². The Balaban J connectivity index is 1.50. The van der Waals surface area contributed by atoms with Crippen LogP contribution in [0.25, 0.3) is 0 Å². The Morgan fingerprint density at radius 2 is 2.00 bits per heavy atom. The van der Waals surface area contributed by atoms with Gasteiger partial charge in [-0.2, -0.15) is 0 Å². The minimum atomic E-state index is 0.874. The van der Waals surface area contributed by atoms with Crippen LogP contribution in [0.1, 0.15) is 49.7 Å². The Kier molecular flexibility index (Phi) is 3.43. The molecule has 3 aliphatic rings. The molecule has 1 N–H and O–H groups in total. The van der Waals surface area contributed by atoms with Crippen molar-refractivity contribution in [2.75, 3.05) is 18.4 Å². The van der Waals surface area contributed by atoms with Crippen LogP contribution in [0.15, 0.2) is 18.2 Å². The van der Waals surface area contributed by atoms with E-state index in [2.05, 4.69) is 28.4 Å². The molecule has 2 nitrogen and oxygen atoms in total. The molecule has 2 unspecified atom stereocenters. The fraction of sp³-hybridized carbons (Fsp3) is 0.667. The molecule has 1 aliphatic carbocycles. The van der Waals surface area contributed by atoms with Crippen molar-refractivity contribution in [3.05, 3.63) is 29.3 Å². The summed E-state index contributed by atoms with van der Waals surface area (Å²) in [6.45, 7) is 3.59. The van der Waals surface area contributed by atoms with Crippen LogP contribution in [0.4, 0.5) is 5.69 Å². The number of anilines is 1. The van der Waals surface area contributed by atoms with Gasteiger partial charge < -0.3 is 5.32 Å². The van der Waals surface area contributed by atoms with Crippen molar-refractivity contribution >= 4 is 5.69 Å². The van der Waals surface area contributed by atoms with Gasteiger partial charge in [-0.3, -0.25) is 4.90 Å². The molecule has 2 heterocycles. The first-order valence-corrected chi connectivity index (χ1v) is 8.50. The molecule has 2 heteroatoms. The smallest absolute Gasteiger partial charge is 0.0376 e. The van der Waals surface area contributed by atoms with Crippen LogP contribution in [0, 0.1) is 5.92 Å². The lowest BCUT2D eigenvalue weighted by Gasteiger charge is -2.44. The van der Waals surface area contributed by atoms with Gasteiger partial charge in [0.15, 0.2) is 0 Å². The zero-order valence-electron chi connectivity index (χ0n) is 12.4. The largest absolute Gasteiger partial charge is 0.384 e. The SMILES string of the molecule is c1cc2c(cc1CN1CCCC3CCCCC31)NCC2. The Hall–Kier alpha value is -1.02. The minimum absolute atomic E-state index is 0.874. The molecule has 1 aromatic carbocycles. The second kappa shape index (κ2) is 5.40. The van der Waals surface area contributed by atoms with Gasteiger partial charge in [0.1, 0.15) is 0 Å². The molecular weight excluding hydrogens is 244 g/mol. The highest BCUT2D eigenvalue weighted by Gasteiger charge is 2.32. The normalized spacial score (nSPS) is 29.6. The molecule has 1 saturated heterocycles. The molecule has 4 rings (SSSR count). The topological polar surface area (TPSA) is 15.3 Å². The number of likely N-dealkylation sites (tertiary alicyclic amines) is 1. The second-order valence-electron chi connectivity index (χ2n) is 6.89. The van der Waals surface area contributed by atoms with Gasteiger partial charge in [0.25, 0.3) is 0 Å². The number of nitrogens with zero attached hydrogens (tertiary/aromatic N) is 1. The summed E-state index contributed by atoms with van der Waals surface area (Å²) in [4.78, 5) is 2.78. The molecule has 0 aromatic heterocycles. The van der Waals surface area contributed by atoms with E-state index in [1.54, 1.807) is 0 Å². The summed E-state index contributed by atoms with van der Waals surface area (Å²) < 4.78 is 0. The van der Waals surface area contributed by atoms with Crippen molar-refractivity contribution in [3.8, 4) is 0 Å². The summed E-state index contributed by atoms with van der Waals surface area (Å²) in [6, 6.07) is 7.97. The second-order valence-corrected chi connectivity index (χ2v) is 6.89. The molecule has 2 aliphatic heterocycles. The van der Waals surface area contributed by atoms with Crippen LogP contribution in [0.2, 0.25) is 0 Å². The number of fused-ring (bicyclic) bond motifs is 2. The van der Waals surface area contributed by atoms with E-state index in [0.29, 0.717) is 0 Å². The third-order valence-electron chi connectivity index (χ3n) is 5.63. The van der Waals surface area contributed by atoms with Crippen molar-refractivity contribution in [2.24, 2.45) is 5.92 Å². The molecule has 0 bridgehead atoms. The average molecular weight is 270 g/mol. The lowest BCUT2D eigenvalue weighted by atomic mass is 9.78. The first kappa shape index (κ1) is 12.7. The summed E-state index contributed by atoms with van der Waals surface area (Å²) in [7, 11) is 0. The van der Waals surface area contributed by atoms with Gasteiger partial charge in [0, 0.05) is 24.8 Å². The number of piperidine rings is 1. The van der Waals surface area contributed by atoms with E-state index in [1.807, 2.05) is 0 Å². The average Bonchev–Trinajstić information content (AvgIpc) is 2.95. The molecule has 0 amide bonds. The molecule has 108 valence electrons. The van der Waals surface area contributed by atoms with Crippen LogP contribution in [-0.4, -0.2) is 24.0 Å². The maximum atomic E-state index is 3.52. The highest BCUT2D eigenvalue weighted by atomic mass is 15.2. The van der Waals surface area contributed by atoms with Crippen LogP contribution in [0.5, 0.6) is 0 Å². The summed E-state index contributed by atoms with van der Waals surface area (Å²) in [5.41, 5.74) is 4.40. The third-order valence-corrected chi connectivity index (χ3v) is 5.63. The Morgan fingerprint density at radius 3 is 3.00 bits per heavy atom. The lowest BCUT2D eigenvalue weighted by Crippen LogP contribution is -2.46. The fourth-order valence-corrected chi connectivity index (χ4v) is 4.60. The van der Waals surface area contributed by atoms with Crippen LogP contribution in [-0.2, 0) is 13.0 Å². The van der Waals surface area contributed by atoms with E-state index >= 15 is 0 Å². The molecule has 1 saturated carbocycles. The Morgan fingerprint density at radius 1 is 1.10 bits per heavy atom. The number of hydrogen-bond acceptors (Lipinski definition) is 2. The van der Waals surface area contributed by atoms with Crippen LogP contribution >= 0.6 is 0 Å². The molecule has 2 atom stereocenters. The number of hydrogen-bond donors (Lipinski definition) is 1. The highest BCUT2D eigenvalue weighted by molar-refractivity contribution is 5.57. The highest BCUT2D eigenvalue weighted by Crippen LogP contribution is 2.36. The summed E-state index contributed by atoms with van der Waals surface area (Å²) in [6.07, 6.45) is 9.92. The first-order chi connectivity index (χ1) is 9.90. The van der Waals surface area contributed by atoms with Crippen molar-refractivity contribution in [3.63, 3.8) is 0 Å². The Bertz CT molecular complexity index is 480. The first-order valence-electron chi connectivity index (χ1n) is 8.50. The van der Waals surface area contributed by atoms with Crippen LogP contribution < -0.4 is 5.32 Å². The van der Waals surface area contributed by atoms with Crippen LogP contribution in [0.3, 0.4) is 0 Å². The van der Waals surface area contributed by atoms with E-state index in [9.17, 15) is 0 Å². The van der Waals surface area contributed by atoms with Gasteiger partial charge in [0.05, 0.1) is 0 Å². The number of nitrogens with one attached hydrogen (secondary N) is 1. The van der Waals surface area contributed by atoms with E-state index in [4.69, 9.17) is 0 Å². The molecule has 0 radical (unpaired) electrons. The van der Waals surface area contributed by atoms with Gasteiger partial charge >= 0.3 is 0 Å². The molecular formula is C18H26N2. The maximum Gasteiger partial charge on any atom is 0.0376 e. The van der Waals surface area contributed by atoms with Gasteiger partial charge in [0.2, 0.25) is 0 Å². The molecule has 2 fully saturated rings. The minimum Gasteiger partial charge on any atom is -0.384 e. The van der Waals surface area contributed by atoms with Gasteiger partial charge in [-0.05, 0) is 61.8 Å². The summed E-state index contributed by atoms with van der Waals surface area (Å²) in [5.74, 6) is 0.991. The third kappa shape index (κ3) is 2.35. The van der Waals surface area contributed by atoms with Crippen molar-refractivity contribution in [1.29, 1.82) is 0 Å². The molecule has 0 spiro atoms. The standard InChI is InChI=1S/C18H26N2/c1-2-6-18-16(4-1)5-3-11-20(18)13-14-7-8-15-9-10-19-17(15)12-14/h7-8,12,16,18-19H,1-6,9-11,13H2. The van der Waals surface area contributed by atoms with Gasteiger partial charge in [-0.15, -0.1) is 0 Å². The van der Waals surface area contributed by atoms with Crippen molar-refractivity contribution < 1.29 is 0 Å². The predicted octanol–water partition coefficient (Wildman–Crippen LogP) is 3.81. The monoisotopic (exact) mass is 270 g/mol. The zero-order chi connectivity index (χ0) is 13.4. The Labute approximate surface area is 122 Å². The predicted molar refractivity (Wildman–Crippen MR) is 84.0 cm³/mol. The maximum absolute atomic E-state index is 3.52. The van der Waals surface area contributed by atoms with E-state index in [1.165, 1.54) is 68.3 Å². The molecule has 20 heavy (non-hydrogen) atoms. The quantitative estimate of drug-likeness (QED) is 0.879. The van der Waals surface area contributed by atoms with Gasteiger partial charge in [-0.1, -0.05) is 25.0 Å². The van der Waals surface area contributed by atoms with E-state index in [0.717, 1.165) is 25.0 Å². The number of benzene rings is 1. The van der Waals surface area contributed by atoms with E-state index in [-0.39, 0.29) is 0 Å². The summed E-state index contributed by atoms with van der Waals surface area (Å²) >= 11 is 0. The van der Waals surface area contributed by atoms with Gasteiger partial charge in [-0.25, -0.2) is 0 Å². The van der Waals surface area contributed by atoms with Crippen molar-refractivity contribution in [2.45, 2.75) is 57.5 Å². The lowest BCUT2D eigenvalue weighted by molar-refractivity contribution is 0.0547. The number of rotatable bonds is 2. The summed E-state index contributed by atoms with van der Waals surface area (Å²) in [5, 5.41) is 3.52.